The van der Waals surface area contributed by atoms with E-state index in [4.69, 9.17) is 4.74 Å². The van der Waals surface area contributed by atoms with Gasteiger partial charge in [-0.15, -0.1) is 0 Å². The van der Waals surface area contributed by atoms with Gasteiger partial charge in [-0.1, -0.05) is 6.92 Å². The fraction of sp³-hybridized carbons (Fsp3) is 0.889. The quantitative estimate of drug-likeness (QED) is 0.697. The molecule has 0 bridgehead atoms. The lowest BCUT2D eigenvalue weighted by Gasteiger charge is -2.23. The van der Waals surface area contributed by atoms with Gasteiger partial charge in [0.05, 0.1) is 0 Å². The van der Waals surface area contributed by atoms with Crippen LogP contribution in [0.2, 0.25) is 0 Å². The number of carbonyl (C=O) groups excluding carboxylic acids is 1. The lowest BCUT2D eigenvalue weighted by atomic mass is 10.2. The Bertz CT molecular complexity index is 141. The summed E-state index contributed by atoms with van der Waals surface area (Å²) in [6, 6.07) is 0. The number of amides is 1. The Morgan fingerprint density at radius 2 is 2.42 bits per heavy atom. The molecule has 1 unspecified atom stereocenters. The second-order valence-corrected chi connectivity index (χ2v) is 3.17. The minimum Gasteiger partial charge on any atom is -0.359 e. The van der Waals surface area contributed by atoms with Crippen LogP contribution in [0.3, 0.4) is 0 Å². The molecule has 3 nitrogen and oxygen atoms in total. The van der Waals surface area contributed by atoms with E-state index in [2.05, 4.69) is 5.32 Å². The zero-order chi connectivity index (χ0) is 8.81. The van der Waals surface area contributed by atoms with Crippen LogP contribution in [0.15, 0.2) is 0 Å². The predicted octanol–water partition coefficient (Wildman–Crippen LogP) is 1.43. The van der Waals surface area contributed by atoms with E-state index >= 15 is 0 Å². The highest BCUT2D eigenvalue weighted by atomic mass is 16.5. The molecule has 1 saturated heterocycles. The number of ether oxygens (including phenoxy) is 1. The van der Waals surface area contributed by atoms with Gasteiger partial charge in [-0.3, -0.25) is 4.79 Å². The third-order valence-corrected chi connectivity index (χ3v) is 1.98. The molecule has 0 saturated carbocycles. The van der Waals surface area contributed by atoms with Gasteiger partial charge in [-0.25, -0.2) is 0 Å². The third-order valence-electron chi connectivity index (χ3n) is 1.98. The summed E-state index contributed by atoms with van der Waals surface area (Å²) < 4.78 is 5.36. The van der Waals surface area contributed by atoms with Gasteiger partial charge in [-0.2, -0.15) is 0 Å². The van der Waals surface area contributed by atoms with Gasteiger partial charge in [0.15, 0.2) is 0 Å². The Morgan fingerprint density at radius 1 is 1.58 bits per heavy atom. The first-order chi connectivity index (χ1) is 5.83. The van der Waals surface area contributed by atoms with Gasteiger partial charge in [-0.05, 0) is 25.7 Å². The molecule has 0 aromatic carbocycles. The molecule has 1 fully saturated rings. The van der Waals surface area contributed by atoms with Crippen molar-refractivity contribution in [1.29, 1.82) is 0 Å². The van der Waals surface area contributed by atoms with Crippen molar-refractivity contribution >= 4 is 5.91 Å². The highest BCUT2D eigenvalue weighted by Gasteiger charge is 2.14. The first-order valence-corrected chi connectivity index (χ1v) is 4.74. The van der Waals surface area contributed by atoms with Crippen LogP contribution >= 0.6 is 0 Å². The average Bonchev–Trinajstić information content (AvgIpc) is 2.06. The number of hydrogen-bond acceptors (Lipinski definition) is 2. The second kappa shape index (κ2) is 5.14. The van der Waals surface area contributed by atoms with Crippen LogP contribution in [0, 0.1) is 0 Å². The van der Waals surface area contributed by atoms with Crippen LogP contribution in [-0.2, 0) is 9.53 Å². The van der Waals surface area contributed by atoms with Crippen LogP contribution in [0.5, 0.6) is 0 Å². The molecule has 1 atom stereocenters. The molecule has 12 heavy (non-hydrogen) atoms. The molecule has 3 heteroatoms. The number of rotatable bonds is 3. The van der Waals surface area contributed by atoms with Crippen LogP contribution in [0.4, 0.5) is 0 Å². The van der Waals surface area contributed by atoms with Gasteiger partial charge in [0, 0.05) is 13.0 Å². The smallest absolute Gasteiger partial charge is 0.221 e. The van der Waals surface area contributed by atoms with Gasteiger partial charge < -0.3 is 10.1 Å². The Kier molecular flexibility index (Phi) is 4.08. The largest absolute Gasteiger partial charge is 0.359 e. The maximum atomic E-state index is 11.1. The molecule has 0 aromatic heterocycles. The Balaban J connectivity index is 2.15. The molecule has 0 radical (unpaired) electrons. The summed E-state index contributed by atoms with van der Waals surface area (Å²) >= 11 is 0. The fourth-order valence-electron chi connectivity index (χ4n) is 1.33. The zero-order valence-electron chi connectivity index (χ0n) is 7.64. The van der Waals surface area contributed by atoms with Crippen molar-refractivity contribution in [3.05, 3.63) is 0 Å². The maximum absolute atomic E-state index is 11.1. The van der Waals surface area contributed by atoms with Crippen LogP contribution in [0.1, 0.15) is 39.0 Å². The van der Waals surface area contributed by atoms with E-state index in [0.717, 1.165) is 32.3 Å². The van der Waals surface area contributed by atoms with Crippen LogP contribution < -0.4 is 5.32 Å². The summed E-state index contributed by atoms with van der Waals surface area (Å²) in [4.78, 5) is 11.1. The second-order valence-electron chi connectivity index (χ2n) is 3.17. The number of nitrogens with one attached hydrogen (secondary N) is 1. The van der Waals surface area contributed by atoms with E-state index in [0.29, 0.717) is 6.42 Å². The molecular weight excluding hydrogens is 154 g/mol. The van der Waals surface area contributed by atoms with E-state index in [1.807, 2.05) is 6.92 Å². The number of hydrogen-bond donors (Lipinski definition) is 1. The minimum atomic E-state index is -0.0159. The van der Waals surface area contributed by atoms with Gasteiger partial charge in [0.2, 0.25) is 5.91 Å². The number of carbonyl (C=O) groups is 1. The summed E-state index contributed by atoms with van der Waals surface area (Å²) in [7, 11) is 0. The van der Waals surface area contributed by atoms with Gasteiger partial charge >= 0.3 is 0 Å². The molecule has 1 aliphatic rings. The van der Waals surface area contributed by atoms with Crippen molar-refractivity contribution in [2.75, 3.05) is 6.61 Å². The normalized spacial score (nSPS) is 23.6. The highest BCUT2D eigenvalue weighted by Crippen LogP contribution is 2.10. The van der Waals surface area contributed by atoms with Crippen molar-refractivity contribution < 1.29 is 9.53 Å². The molecule has 70 valence electrons. The van der Waals surface area contributed by atoms with E-state index < -0.39 is 0 Å². The predicted molar refractivity (Wildman–Crippen MR) is 46.6 cm³/mol. The standard InChI is InChI=1S/C9H17NO2/c1-2-5-8(11)10-9-6-3-4-7-12-9/h9H,2-7H2,1H3,(H,10,11). The zero-order valence-corrected chi connectivity index (χ0v) is 7.64. The average molecular weight is 171 g/mol. The summed E-state index contributed by atoms with van der Waals surface area (Å²) in [6.07, 6.45) is 4.75. The SMILES string of the molecule is CCCC(=O)NC1CCCCO1. The lowest BCUT2D eigenvalue weighted by molar-refractivity contribution is -0.126. The van der Waals surface area contributed by atoms with Gasteiger partial charge in [0.1, 0.15) is 6.23 Å². The van der Waals surface area contributed by atoms with E-state index in [9.17, 15) is 4.79 Å². The van der Waals surface area contributed by atoms with Gasteiger partial charge in [0.25, 0.3) is 0 Å². The lowest BCUT2D eigenvalue weighted by Crippen LogP contribution is -2.38. The molecule has 1 aliphatic heterocycles. The van der Waals surface area contributed by atoms with Crippen molar-refractivity contribution in [1.82, 2.24) is 5.32 Å². The van der Waals surface area contributed by atoms with Crippen LogP contribution in [-0.4, -0.2) is 18.7 Å². The first kappa shape index (κ1) is 9.52. The van der Waals surface area contributed by atoms with E-state index in [1.54, 1.807) is 0 Å². The Hall–Kier alpha value is -0.570. The minimum absolute atomic E-state index is 0.0159. The first-order valence-electron chi connectivity index (χ1n) is 4.74. The maximum Gasteiger partial charge on any atom is 0.221 e. The van der Waals surface area contributed by atoms with Crippen molar-refractivity contribution in [3.8, 4) is 0 Å². The van der Waals surface area contributed by atoms with Crippen LogP contribution in [0.25, 0.3) is 0 Å². The topological polar surface area (TPSA) is 38.3 Å². The summed E-state index contributed by atoms with van der Waals surface area (Å²) in [5.41, 5.74) is 0. The van der Waals surface area contributed by atoms with Crippen molar-refractivity contribution in [2.45, 2.75) is 45.3 Å². The Labute approximate surface area is 73.5 Å². The summed E-state index contributed by atoms with van der Waals surface area (Å²) in [5.74, 6) is 0.115. The molecular formula is C9H17NO2. The fourth-order valence-corrected chi connectivity index (χ4v) is 1.33. The molecule has 0 aromatic rings. The van der Waals surface area contributed by atoms with Crippen molar-refractivity contribution in [2.24, 2.45) is 0 Å². The Morgan fingerprint density at radius 3 is 3.00 bits per heavy atom. The molecule has 0 aliphatic carbocycles. The molecule has 1 rings (SSSR count). The molecule has 1 amide bonds. The molecule has 1 heterocycles. The third kappa shape index (κ3) is 3.22. The molecule has 1 N–H and O–H groups in total. The summed E-state index contributed by atoms with van der Waals surface area (Å²) in [6.45, 7) is 2.79. The monoisotopic (exact) mass is 171 g/mol. The van der Waals surface area contributed by atoms with E-state index in [1.165, 1.54) is 0 Å². The van der Waals surface area contributed by atoms with E-state index in [-0.39, 0.29) is 12.1 Å². The van der Waals surface area contributed by atoms with Crippen molar-refractivity contribution in [3.63, 3.8) is 0 Å². The summed E-state index contributed by atoms with van der Waals surface area (Å²) in [5, 5.41) is 2.86. The highest BCUT2D eigenvalue weighted by molar-refractivity contribution is 5.75. The molecule has 0 spiro atoms.